The lowest BCUT2D eigenvalue weighted by atomic mass is 10.2. The lowest BCUT2D eigenvalue weighted by Gasteiger charge is -2.08. The minimum absolute atomic E-state index is 0.449. The molecule has 2 rings (SSSR count). The molecule has 0 unspecified atom stereocenters. The molecule has 1 aromatic carbocycles. The minimum atomic E-state index is 0.449. The molecule has 0 saturated carbocycles. The lowest BCUT2D eigenvalue weighted by Crippen LogP contribution is -2.08. The summed E-state index contributed by atoms with van der Waals surface area (Å²) in [5.74, 6) is 0.581. The van der Waals surface area contributed by atoms with Crippen LogP contribution in [0.5, 0.6) is 5.75 Å². The normalized spacial score (nSPS) is 9.88. The molecule has 86 valence electrons. The number of hydrogen-bond acceptors (Lipinski definition) is 3. The van der Waals surface area contributed by atoms with Gasteiger partial charge in [0.25, 0.3) is 0 Å². The summed E-state index contributed by atoms with van der Waals surface area (Å²) in [4.78, 5) is 0. The first-order valence-electron chi connectivity index (χ1n) is 5.09. The van der Waals surface area contributed by atoms with E-state index < -0.39 is 0 Å². The fourth-order valence-corrected chi connectivity index (χ4v) is 1.60. The summed E-state index contributed by atoms with van der Waals surface area (Å²) in [6, 6.07) is 8.84. The molecule has 1 heterocycles. The zero-order chi connectivity index (χ0) is 12.1. The highest BCUT2D eigenvalue weighted by atomic mass is 35.5. The van der Waals surface area contributed by atoms with Gasteiger partial charge in [0.15, 0.2) is 0 Å². The van der Waals surface area contributed by atoms with Crippen molar-refractivity contribution in [3.05, 3.63) is 47.2 Å². The van der Waals surface area contributed by atoms with Crippen LogP contribution in [-0.2, 0) is 6.54 Å². The van der Waals surface area contributed by atoms with Gasteiger partial charge in [-0.25, -0.2) is 0 Å². The number of aromatic nitrogens is 2. The van der Waals surface area contributed by atoms with Crippen LogP contribution in [0.15, 0.2) is 36.7 Å². The standard InChI is InChI=1S/C12H10ClN3O/c13-11-8-10(9-14)2-3-12(11)17-7-6-16-5-1-4-15-16/h1-5,8H,6-7H2. The van der Waals surface area contributed by atoms with Crippen molar-refractivity contribution in [3.63, 3.8) is 0 Å². The van der Waals surface area contributed by atoms with Gasteiger partial charge in [-0.3, -0.25) is 4.68 Å². The van der Waals surface area contributed by atoms with Crippen molar-refractivity contribution in [2.24, 2.45) is 0 Å². The molecule has 0 aliphatic rings. The van der Waals surface area contributed by atoms with Gasteiger partial charge in [0.2, 0.25) is 0 Å². The van der Waals surface area contributed by atoms with E-state index in [1.807, 2.05) is 18.3 Å². The van der Waals surface area contributed by atoms with Crippen LogP contribution in [0.4, 0.5) is 0 Å². The third-order valence-corrected chi connectivity index (χ3v) is 2.49. The van der Waals surface area contributed by atoms with Crippen LogP contribution in [0.1, 0.15) is 5.56 Å². The molecule has 0 bridgehead atoms. The van der Waals surface area contributed by atoms with Crippen LogP contribution in [0.3, 0.4) is 0 Å². The Kier molecular flexibility index (Phi) is 3.63. The molecule has 0 aliphatic heterocycles. The molecule has 0 saturated heterocycles. The van der Waals surface area contributed by atoms with Crippen molar-refractivity contribution >= 4 is 11.6 Å². The van der Waals surface area contributed by atoms with E-state index in [2.05, 4.69) is 5.10 Å². The molecule has 0 N–H and O–H groups in total. The Morgan fingerprint density at radius 1 is 1.47 bits per heavy atom. The highest BCUT2D eigenvalue weighted by molar-refractivity contribution is 6.32. The first-order chi connectivity index (χ1) is 8.29. The molecule has 0 radical (unpaired) electrons. The van der Waals surface area contributed by atoms with Crippen molar-refractivity contribution < 1.29 is 4.74 Å². The SMILES string of the molecule is N#Cc1ccc(OCCn2cccn2)c(Cl)c1. The Morgan fingerprint density at radius 2 is 2.35 bits per heavy atom. The fraction of sp³-hybridized carbons (Fsp3) is 0.167. The summed E-state index contributed by atoms with van der Waals surface area (Å²) in [7, 11) is 0. The smallest absolute Gasteiger partial charge is 0.138 e. The van der Waals surface area contributed by atoms with Gasteiger partial charge in [-0.15, -0.1) is 0 Å². The molecule has 17 heavy (non-hydrogen) atoms. The molecule has 2 aromatic rings. The molecule has 0 aliphatic carbocycles. The van der Waals surface area contributed by atoms with Gasteiger partial charge in [0.1, 0.15) is 12.4 Å². The summed E-state index contributed by atoms with van der Waals surface area (Å²) in [6.45, 7) is 1.14. The third-order valence-electron chi connectivity index (χ3n) is 2.20. The fourth-order valence-electron chi connectivity index (χ4n) is 1.37. The van der Waals surface area contributed by atoms with Crippen molar-refractivity contribution in [1.82, 2.24) is 9.78 Å². The van der Waals surface area contributed by atoms with Crippen molar-refractivity contribution in [2.75, 3.05) is 6.61 Å². The van der Waals surface area contributed by atoms with Gasteiger partial charge >= 0.3 is 0 Å². The van der Waals surface area contributed by atoms with E-state index in [-0.39, 0.29) is 0 Å². The topological polar surface area (TPSA) is 50.8 Å². The van der Waals surface area contributed by atoms with E-state index in [1.165, 1.54) is 0 Å². The van der Waals surface area contributed by atoms with Gasteiger partial charge in [0.05, 0.1) is 23.2 Å². The number of ether oxygens (including phenoxy) is 1. The van der Waals surface area contributed by atoms with E-state index in [0.717, 1.165) is 0 Å². The first kappa shape index (κ1) is 11.5. The number of hydrogen-bond donors (Lipinski definition) is 0. The largest absolute Gasteiger partial charge is 0.490 e. The van der Waals surface area contributed by atoms with E-state index in [4.69, 9.17) is 21.6 Å². The van der Waals surface area contributed by atoms with Crippen LogP contribution in [0.2, 0.25) is 5.02 Å². The molecule has 5 heteroatoms. The second-order valence-corrected chi connectivity index (χ2v) is 3.78. The van der Waals surface area contributed by atoms with Crippen LogP contribution in [0, 0.1) is 11.3 Å². The Labute approximate surface area is 104 Å². The monoisotopic (exact) mass is 247 g/mol. The molecule has 0 atom stereocenters. The molecular weight excluding hydrogens is 238 g/mol. The number of benzene rings is 1. The second kappa shape index (κ2) is 5.37. The average molecular weight is 248 g/mol. The zero-order valence-electron chi connectivity index (χ0n) is 9.01. The van der Waals surface area contributed by atoms with Gasteiger partial charge in [0, 0.05) is 12.4 Å². The Bertz CT molecular complexity index is 531. The predicted octanol–water partition coefficient (Wildman–Crippen LogP) is 2.49. The Balaban J connectivity index is 1.93. The Hall–Kier alpha value is -1.99. The number of halogens is 1. The van der Waals surface area contributed by atoms with Gasteiger partial charge in [-0.2, -0.15) is 10.4 Å². The predicted molar refractivity (Wildman–Crippen MR) is 63.9 cm³/mol. The number of rotatable bonds is 4. The minimum Gasteiger partial charge on any atom is -0.490 e. The summed E-state index contributed by atoms with van der Waals surface area (Å²) >= 11 is 5.97. The highest BCUT2D eigenvalue weighted by Crippen LogP contribution is 2.25. The molecule has 0 amide bonds. The van der Waals surface area contributed by atoms with Gasteiger partial charge in [-0.1, -0.05) is 11.6 Å². The van der Waals surface area contributed by atoms with E-state index in [9.17, 15) is 0 Å². The quantitative estimate of drug-likeness (QED) is 0.834. The second-order valence-electron chi connectivity index (χ2n) is 3.37. The Morgan fingerprint density at radius 3 is 3.00 bits per heavy atom. The molecule has 4 nitrogen and oxygen atoms in total. The molecule has 0 spiro atoms. The van der Waals surface area contributed by atoms with Crippen molar-refractivity contribution in [2.45, 2.75) is 6.54 Å². The summed E-state index contributed by atoms with van der Waals surface area (Å²) < 4.78 is 7.28. The van der Waals surface area contributed by atoms with Crippen molar-refractivity contribution in [3.8, 4) is 11.8 Å². The first-order valence-corrected chi connectivity index (χ1v) is 5.47. The average Bonchev–Trinajstić information content (AvgIpc) is 2.84. The molecule has 0 fully saturated rings. The zero-order valence-corrected chi connectivity index (χ0v) is 9.76. The van der Waals surface area contributed by atoms with Crippen LogP contribution in [-0.4, -0.2) is 16.4 Å². The maximum atomic E-state index is 8.69. The number of nitrogens with zero attached hydrogens (tertiary/aromatic N) is 3. The summed E-state index contributed by atoms with van der Waals surface area (Å²) in [5.41, 5.74) is 0.523. The van der Waals surface area contributed by atoms with Crippen molar-refractivity contribution in [1.29, 1.82) is 5.26 Å². The lowest BCUT2D eigenvalue weighted by molar-refractivity contribution is 0.291. The van der Waals surface area contributed by atoms with Gasteiger partial charge < -0.3 is 4.74 Å². The van der Waals surface area contributed by atoms with E-state index >= 15 is 0 Å². The van der Waals surface area contributed by atoms with E-state index in [1.54, 1.807) is 29.1 Å². The third kappa shape index (κ3) is 2.99. The highest BCUT2D eigenvalue weighted by Gasteiger charge is 2.02. The van der Waals surface area contributed by atoms with Crippen LogP contribution < -0.4 is 4.74 Å². The maximum absolute atomic E-state index is 8.69. The van der Waals surface area contributed by atoms with Crippen LogP contribution in [0.25, 0.3) is 0 Å². The summed E-state index contributed by atoms with van der Waals surface area (Å²) in [5, 5.41) is 13.2. The summed E-state index contributed by atoms with van der Waals surface area (Å²) in [6.07, 6.45) is 3.58. The van der Waals surface area contributed by atoms with Crippen LogP contribution >= 0.6 is 11.6 Å². The molecule has 1 aromatic heterocycles. The molecular formula is C12H10ClN3O. The van der Waals surface area contributed by atoms with E-state index in [0.29, 0.717) is 29.5 Å². The van der Waals surface area contributed by atoms with Gasteiger partial charge in [-0.05, 0) is 24.3 Å². The maximum Gasteiger partial charge on any atom is 0.138 e. The number of nitriles is 1.